The second kappa shape index (κ2) is 6.74. The number of halogens is 1. The standard InChI is InChI=1S/C23H22FNO2S/c1-15-4-10-20(11-5-15)28(26,27)25-14-21(18-6-8-19(24)9-7-18)23-17(3)12-16(2)13-22(23)25/h4-13,21H,14H2,1-3H3/t21-/m0/s1. The van der Waals surface area contributed by atoms with E-state index in [2.05, 4.69) is 6.07 Å². The van der Waals surface area contributed by atoms with E-state index in [4.69, 9.17) is 0 Å². The van der Waals surface area contributed by atoms with Crippen molar-refractivity contribution in [2.75, 3.05) is 10.8 Å². The molecule has 1 aliphatic heterocycles. The maximum Gasteiger partial charge on any atom is 0.264 e. The number of fused-ring (bicyclic) bond motifs is 1. The molecule has 5 heteroatoms. The van der Waals surface area contributed by atoms with Crippen molar-refractivity contribution >= 4 is 15.7 Å². The van der Waals surface area contributed by atoms with Gasteiger partial charge in [-0.3, -0.25) is 4.31 Å². The summed E-state index contributed by atoms with van der Waals surface area (Å²) in [5, 5.41) is 0. The van der Waals surface area contributed by atoms with Gasteiger partial charge in [0.25, 0.3) is 10.0 Å². The highest BCUT2D eigenvalue weighted by Crippen LogP contribution is 2.45. The van der Waals surface area contributed by atoms with Crippen LogP contribution in [0.15, 0.2) is 65.6 Å². The predicted molar refractivity (Wildman–Crippen MR) is 110 cm³/mol. The van der Waals surface area contributed by atoms with E-state index < -0.39 is 10.0 Å². The highest BCUT2D eigenvalue weighted by Gasteiger charge is 2.38. The summed E-state index contributed by atoms with van der Waals surface area (Å²) in [6.45, 7) is 6.21. The van der Waals surface area contributed by atoms with Crippen molar-refractivity contribution in [3.63, 3.8) is 0 Å². The van der Waals surface area contributed by atoms with E-state index in [0.29, 0.717) is 12.2 Å². The topological polar surface area (TPSA) is 37.4 Å². The Balaban J connectivity index is 1.87. The van der Waals surface area contributed by atoms with Crippen LogP contribution in [0.1, 0.15) is 33.7 Å². The summed E-state index contributed by atoms with van der Waals surface area (Å²) in [4.78, 5) is 0.281. The van der Waals surface area contributed by atoms with Crippen LogP contribution in [0.3, 0.4) is 0 Å². The largest absolute Gasteiger partial charge is 0.265 e. The zero-order valence-corrected chi connectivity index (χ0v) is 16.9. The van der Waals surface area contributed by atoms with Gasteiger partial charge in [0.15, 0.2) is 0 Å². The van der Waals surface area contributed by atoms with Gasteiger partial charge in [0.2, 0.25) is 0 Å². The maximum atomic E-state index is 13.4. The Morgan fingerprint density at radius 2 is 1.54 bits per heavy atom. The predicted octanol–water partition coefficient (Wildman–Crippen LogP) is 5.09. The van der Waals surface area contributed by atoms with E-state index in [1.165, 1.54) is 16.4 Å². The molecule has 144 valence electrons. The third-order valence-electron chi connectivity index (χ3n) is 5.36. The first-order valence-corrected chi connectivity index (χ1v) is 10.7. The monoisotopic (exact) mass is 395 g/mol. The van der Waals surface area contributed by atoms with Crippen LogP contribution in [0, 0.1) is 26.6 Å². The first kappa shape index (κ1) is 18.7. The summed E-state index contributed by atoms with van der Waals surface area (Å²) in [5.41, 5.74) is 5.69. The number of nitrogens with zero attached hydrogens (tertiary/aromatic N) is 1. The van der Waals surface area contributed by atoms with Crippen LogP contribution >= 0.6 is 0 Å². The third kappa shape index (κ3) is 3.10. The Morgan fingerprint density at radius 1 is 0.893 bits per heavy atom. The van der Waals surface area contributed by atoms with Crippen molar-refractivity contribution < 1.29 is 12.8 Å². The van der Waals surface area contributed by atoms with Crippen LogP contribution in [0.5, 0.6) is 0 Å². The quantitative estimate of drug-likeness (QED) is 0.619. The molecule has 1 aliphatic rings. The number of sulfonamides is 1. The highest BCUT2D eigenvalue weighted by atomic mass is 32.2. The second-order valence-corrected chi connectivity index (χ2v) is 9.33. The molecule has 0 amide bonds. The molecule has 0 spiro atoms. The van der Waals surface area contributed by atoms with Gasteiger partial charge in [0, 0.05) is 12.5 Å². The van der Waals surface area contributed by atoms with Crippen LogP contribution in [-0.4, -0.2) is 15.0 Å². The summed E-state index contributed by atoms with van der Waals surface area (Å²) < 4.78 is 41.8. The first-order chi connectivity index (χ1) is 13.3. The lowest BCUT2D eigenvalue weighted by atomic mass is 9.89. The molecule has 0 aromatic heterocycles. The van der Waals surface area contributed by atoms with Crippen LogP contribution in [-0.2, 0) is 10.0 Å². The minimum Gasteiger partial charge on any atom is -0.265 e. The molecule has 28 heavy (non-hydrogen) atoms. The summed E-state index contributed by atoms with van der Waals surface area (Å²) in [6.07, 6.45) is 0. The van der Waals surface area contributed by atoms with Crippen molar-refractivity contribution in [1.82, 2.24) is 0 Å². The first-order valence-electron chi connectivity index (χ1n) is 9.23. The van der Waals surface area contributed by atoms with E-state index in [1.54, 1.807) is 24.3 Å². The van der Waals surface area contributed by atoms with Gasteiger partial charge in [-0.2, -0.15) is 0 Å². The van der Waals surface area contributed by atoms with Gasteiger partial charge >= 0.3 is 0 Å². The maximum absolute atomic E-state index is 13.4. The van der Waals surface area contributed by atoms with Gasteiger partial charge in [0.1, 0.15) is 5.82 Å². The normalized spacial score (nSPS) is 16.3. The molecular weight excluding hydrogens is 373 g/mol. The number of aryl methyl sites for hydroxylation is 3. The van der Waals surface area contributed by atoms with Gasteiger partial charge in [-0.25, -0.2) is 12.8 Å². The molecule has 0 saturated heterocycles. The molecule has 0 saturated carbocycles. The average molecular weight is 395 g/mol. The van der Waals surface area contributed by atoms with Gasteiger partial charge in [0.05, 0.1) is 10.6 Å². The number of rotatable bonds is 3. The summed E-state index contributed by atoms with van der Waals surface area (Å²) in [5.74, 6) is -0.428. The van der Waals surface area contributed by atoms with Gasteiger partial charge in [-0.1, -0.05) is 35.9 Å². The number of anilines is 1. The molecule has 0 unspecified atom stereocenters. The molecule has 0 radical (unpaired) electrons. The molecule has 0 aliphatic carbocycles. The minimum atomic E-state index is -3.69. The molecule has 1 atom stereocenters. The molecule has 0 fully saturated rings. The lowest BCUT2D eigenvalue weighted by Crippen LogP contribution is -2.30. The summed E-state index contributed by atoms with van der Waals surface area (Å²) >= 11 is 0. The Kier molecular flexibility index (Phi) is 4.50. The molecule has 0 N–H and O–H groups in total. The molecule has 0 bridgehead atoms. The molecule has 1 heterocycles. The Morgan fingerprint density at radius 3 is 2.18 bits per heavy atom. The molecule has 3 aromatic rings. The summed E-state index contributed by atoms with van der Waals surface area (Å²) in [7, 11) is -3.69. The fourth-order valence-corrected chi connectivity index (χ4v) is 5.49. The fourth-order valence-electron chi connectivity index (χ4n) is 4.00. The van der Waals surface area contributed by atoms with E-state index in [9.17, 15) is 12.8 Å². The second-order valence-electron chi connectivity index (χ2n) is 7.47. The molecular formula is C23H22FNO2S. The lowest BCUT2D eigenvalue weighted by molar-refractivity contribution is 0.591. The number of benzene rings is 3. The van der Waals surface area contributed by atoms with E-state index in [-0.39, 0.29) is 16.6 Å². The van der Waals surface area contributed by atoms with E-state index in [1.807, 2.05) is 39.0 Å². The van der Waals surface area contributed by atoms with Gasteiger partial charge < -0.3 is 0 Å². The van der Waals surface area contributed by atoms with Crippen molar-refractivity contribution in [3.05, 3.63) is 94.3 Å². The van der Waals surface area contributed by atoms with Crippen LogP contribution < -0.4 is 4.31 Å². The van der Waals surface area contributed by atoms with Crippen LogP contribution in [0.2, 0.25) is 0 Å². The van der Waals surface area contributed by atoms with Crippen molar-refractivity contribution in [2.24, 2.45) is 0 Å². The summed E-state index contributed by atoms with van der Waals surface area (Å²) in [6, 6.07) is 17.2. The Labute approximate surface area is 165 Å². The van der Waals surface area contributed by atoms with E-state index >= 15 is 0 Å². The van der Waals surface area contributed by atoms with Crippen LogP contribution in [0.4, 0.5) is 10.1 Å². The zero-order valence-electron chi connectivity index (χ0n) is 16.1. The van der Waals surface area contributed by atoms with Gasteiger partial charge in [-0.05, 0) is 73.4 Å². The Hall–Kier alpha value is -2.66. The molecule has 4 rings (SSSR count). The third-order valence-corrected chi connectivity index (χ3v) is 7.15. The SMILES string of the molecule is Cc1ccc(S(=O)(=O)N2C[C@@H](c3ccc(F)cc3)c3c(C)cc(C)cc32)cc1. The van der Waals surface area contributed by atoms with Crippen molar-refractivity contribution in [1.29, 1.82) is 0 Å². The number of hydrogen-bond donors (Lipinski definition) is 0. The van der Waals surface area contributed by atoms with Crippen molar-refractivity contribution in [3.8, 4) is 0 Å². The van der Waals surface area contributed by atoms with Crippen LogP contribution in [0.25, 0.3) is 0 Å². The number of hydrogen-bond acceptors (Lipinski definition) is 2. The highest BCUT2D eigenvalue weighted by molar-refractivity contribution is 7.92. The molecule has 3 aromatic carbocycles. The van der Waals surface area contributed by atoms with Gasteiger partial charge in [-0.15, -0.1) is 0 Å². The fraction of sp³-hybridized carbons (Fsp3) is 0.217. The van der Waals surface area contributed by atoms with Crippen molar-refractivity contribution in [2.45, 2.75) is 31.6 Å². The minimum absolute atomic E-state index is 0.128. The lowest BCUT2D eigenvalue weighted by Gasteiger charge is -2.20. The smallest absolute Gasteiger partial charge is 0.264 e. The average Bonchev–Trinajstić information content (AvgIpc) is 3.03. The Bertz CT molecular complexity index is 1140. The van der Waals surface area contributed by atoms with E-state index in [0.717, 1.165) is 27.8 Å². The molecule has 3 nitrogen and oxygen atoms in total. The zero-order chi connectivity index (χ0) is 20.1.